The fourth-order valence-corrected chi connectivity index (χ4v) is 2.14. The van der Waals surface area contributed by atoms with Crippen LogP contribution in [0.15, 0.2) is 11.8 Å². The maximum Gasteiger partial charge on any atom is 0.460 e. The molecule has 0 bridgehead atoms. The van der Waals surface area contributed by atoms with Crippen molar-refractivity contribution in [2.45, 2.75) is 41.7 Å². The van der Waals surface area contributed by atoms with Crippen LogP contribution in [0.4, 0.5) is 99.2 Å². The van der Waals surface area contributed by atoms with E-state index in [4.69, 9.17) is 0 Å². The molecule has 1 aromatic carbocycles. The largest absolute Gasteiger partial charge is 0.460 e. The van der Waals surface area contributed by atoms with E-state index in [-0.39, 0.29) is 0 Å². The van der Waals surface area contributed by atoms with Gasteiger partial charge >= 0.3 is 47.7 Å². The molecular weight excluding hydrogens is 604 g/mol. The van der Waals surface area contributed by atoms with Crippen LogP contribution in [0.5, 0.6) is 5.75 Å². The molecule has 38 heavy (non-hydrogen) atoms. The molecule has 0 aliphatic heterocycles. The molecule has 0 atom stereocenters. The van der Waals surface area contributed by atoms with Gasteiger partial charge in [0.1, 0.15) is 11.4 Å². The minimum absolute atomic E-state index is 2.05. The van der Waals surface area contributed by atoms with Gasteiger partial charge in [-0.05, 0) is 0 Å². The van der Waals surface area contributed by atoms with Crippen LogP contribution in [0.25, 0.3) is 0 Å². The van der Waals surface area contributed by atoms with Gasteiger partial charge in [0.05, 0.1) is 0 Å². The van der Waals surface area contributed by atoms with Gasteiger partial charge in [0, 0.05) is 0 Å². The zero-order chi connectivity index (χ0) is 30.8. The van der Waals surface area contributed by atoms with Crippen LogP contribution in [0, 0.1) is 17.5 Å². The fraction of sp³-hybridized carbons (Fsp3) is 0.467. The van der Waals surface area contributed by atoms with Crippen molar-refractivity contribution >= 4 is 11.4 Å². The molecular formula is C15H4F20N2O. The Hall–Kier alpha value is -3.04. The summed E-state index contributed by atoms with van der Waals surface area (Å²) in [5.74, 6) is -65.9. The van der Waals surface area contributed by atoms with Crippen LogP contribution in [0.2, 0.25) is 0 Å². The molecule has 0 aromatic heterocycles. The summed E-state index contributed by atoms with van der Waals surface area (Å²) in [7, 11) is 0. The SMILES string of the molecule is Nc1c(F)c(F)c(N)c(OC(F)=C(F)C(F)(F)C(F)(F)C(F)(F)C(F)(F)C(F)(F)C(F)(F)C(F)(F)F)c1F. The van der Waals surface area contributed by atoms with Gasteiger partial charge in [-0.2, -0.15) is 74.6 Å². The van der Waals surface area contributed by atoms with Crippen molar-refractivity contribution in [2.75, 3.05) is 11.5 Å². The Kier molecular flexibility index (Phi) is 7.83. The van der Waals surface area contributed by atoms with Crippen LogP contribution < -0.4 is 16.2 Å². The van der Waals surface area contributed by atoms with Gasteiger partial charge in [-0.25, -0.2) is 13.2 Å². The van der Waals surface area contributed by atoms with Gasteiger partial charge in [0.2, 0.25) is 5.83 Å². The molecule has 0 unspecified atom stereocenters. The number of hydrogen-bond acceptors (Lipinski definition) is 3. The second kappa shape index (κ2) is 9.02. The van der Waals surface area contributed by atoms with Crippen molar-refractivity contribution in [3.63, 3.8) is 0 Å². The third-order valence-electron chi connectivity index (χ3n) is 4.31. The average Bonchev–Trinajstić information content (AvgIpc) is 2.76. The monoisotopic (exact) mass is 608 g/mol. The molecule has 0 radical (unpaired) electrons. The molecule has 0 amide bonds. The molecule has 220 valence electrons. The first-order valence-electron chi connectivity index (χ1n) is 8.27. The molecule has 0 aliphatic rings. The summed E-state index contributed by atoms with van der Waals surface area (Å²) in [5, 5.41) is 0. The van der Waals surface area contributed by atoms with Crippen molar-refractivity contribution in [3.05, 3.63) is 29.3 Å². The molecule has 3 nitrogen and oxygen atoms in total. The molecule has 1 rings (SSSR count). The molecule has 0 fully saturated rings. The van der Waals surface area contributed by atoms with Gasteiger partial charge in [-0.15, -0.1) is 0 Å². The first-order valence-corrected chi connectivity index (χ1v) is 8.27. The fourth-order valence-electron chi connectivity index (χ4n) is 2.14. The number of ether oxygens (including phenoxy) is 1. The Morgan fingerprint density at radius 1 is 0.500 bits per heavy atom. The Morgan fingerprint density at radius 2 is 0.842 bits per heavy atom. The zero-order valence-electron chi connectivity index (χ0n) is 16.6. The highest BCUT2D eigenvalue weighted by molar-refractivity contribution is 5.63. The summed E-state index contributed by atoms with van der Waals surface area (Å²) in [6, 6.07) is -4.13. The highest BCUT2D eigenvalue weighted by Gasteiger charge is 2.93. The summed E-state index contributed by atoms with van der Waals surface area (Å²) in [4.78, 5) is 0. The highest BCUT2D eigenvalue weighted by atomic mass is 19.4. The maximum absolute atomic E-state index is 13.7. The van der Waals surface area contributed by atoms with Crippen LogP contribution in [0.1, 0.15) is 0 Å². The third-order valence-corrected chi connectivity index (χ3v) is 4.31. The molecule has 0 saturated carbocycles. The number of hydrogen-bond donors (Lipinski definition) is 2. The number of halogens is 20. The second-order valence-electron chi connectivity index (χ2n) is 6.73. The van der Waals surface area contributed by atoms with Gasteiger partial charge in [0.25, 0.3) is 0 Å². The molecule has 0 saturated heterocycles. The Bertz CT molecular complexity index is 1090. The number of rotatable bonds is 8. The number of nitrogen functional groups attached to an aromatic ring is 2. The highest BCUT2D eigenvalue weighted by Crippen LogP contribution is 2.63. The second-order valence-corrected chi connectivity index (χ2v) is 6.73. The summed E-state index contributed by atoms with van der Waals surface area (Å²) in [6.07, 6.45) is -7.89. The lowest BCUT2D eigenvalue weighted by molar-refractivity contribution is -0.451. The third kappa shape index (κ3) is 4.25. The average molecular weight is 608 g/mol. The van der Waals surface area contributed by atoms with E-state index in [0.717, 1.165) is 0 Å². The lowest BCUT2D eigenvalue weighted by Gasteiger charge is -2.41. The van der Waals surface area contributed by atoms with Crippen molar-refractivity contribution in [3.8, 4) is 5.75 Å². The quantitative estimate of drug-likeness (QED) is 0.143. The summed E-state index contributed by atoms with van der Waals surface area (Å²) in [5.41, 5.74) is 4.96. The number of alkyl halides is 15. The molecule has 0 aliphatic carbocycles. The minimum atomic E-state index is -8.81. The van der Waals surface area contributed by atoms with E-state index in [2.05, 4.69) is 16.2 Å². The number of benzene rings is 1. The van der Waals surface area contributed by atoms with Crippen LogP contribution in [0.3, 0.4) is 0 Å². The smallest absolute Gasteiger partial charge is 0.424 e. The normalized spacial score (nSPS) is 15.5. The summed E-state index contributed by atoms with van der Waals surface area (Å²) in [6.45, 7) is 0. The predicted molar refractivity (Wildman–Crippen MR) is 80.7 cm³/mol. The van der Waals surface area contributed by atoms with Crippen molar-refractivity contribution < 1.29 is 92.5 Å². The minimum Gasteiger partial charge on any atom is -0.424 e. The standard InChI is InChI=1S/C15H4F20N2O/c16-1-2(17)5(37)6(3(18)4(1)36)38-8(20)7(19)9(21,22)10(23,24)11(25,26)12(27,28)13(29,30)14(31,32)15(33,34)35/h36-37H2. The zero-order valence-corrected chi connectivity index (χ0v) is 16.6. The van der Waals surface area contributed by atoms with E-state index in [1.54, 1.807) is 0 Å². The van der Waals surface area contributed by atoms with Crippen LogP contribution >= 0.6 is 0 Å². The molecule has 0 spiro atoms. The van der Waals surface area contributed by atoms with Crippen molar-refractivity contribution in [1.29, 1.82) is 0 Å². The van der Waals surface area contributed by atoms with Crippen molar-refractivity contribution in [2.24, 2.45) is 0 Å². The molecule has 0 heterocycles. The Balaban J connectivity index is 3.74. The van der Waals surface area contributed by atoms with Gasteiger partial charge in [-0.1, -0.05) is 0 Å². The summed E-state index contributed by atoms with van der Waals surface area (Å²) >= 11 is 0. The van der Waals surface area contributed by atoms with E-state index >= 15 is 0 Å². The molecule has 1 aromatic rings. The van der Waals surface area contributed by atoms with E-state index in [1.165, 1.54) is 0 Å². The van der Waals surface area contributed by atoms with Crippen LogP contribution in [-0.4, -0.2) is 41.7 Å². The molecule has 23 heteroatoms. The summed E-state index contributed by atoms with van der Waals surface area (Å²) < 4.78 is 267. The lowest BCUT2D eigenvalue weighted by Crippen LogP contribution is -2.72. The van der Waals surface area contributed by atoms with Gasteiger partial charge < -0.3 is 16.2 Å². The first kappa shape index (κ1) is 33.0. The number of anilines is 2. The predicted octanol–water partition coefficient (Wildman–Crippen LogP) is 7.13. The van der Waals surface area contributed by atoms with Crippen LogP contribution in [-0.2, 0) is 0 Å². The Morgan fingerprint density at radius 3 is 1.24 bits per heavy atom. The Labute approximate surface area is 193 Å². The van der Waals surface area contributed by atoms with E-state index in [9.17, 15) is 87.8 Å². The number of allylic oxidation sites excluding steroid dienone is 1. The van der Waals surface area contributed by atoms with E-state index in [0.29, 0.717) is 0 Å². The maximum atomic E-state index is 13.7. The molecule has 4 N–H and O–H groups in total. The van der Waals surface area contributed by atoms with Crippen molar-refractivity contribution in [1.82, 2.24) is 0 Å². The van der Waals surface area contributed by atoms with Gasteiger partial charge in [-0.3, -0.25) is 0 Å². The number of nitrogens with two attached hydrogens (primary N) is 2. The van der Waals surface area contributed by atoms with E-state index in [1.807, 2.05) is 0 Å². The van der Waals surface area contributed by atoms with Gasteiger partial charge in [0.15, 0.2) is 23.2 Å². The first-order chi connectivity index (χ1) is 16.5. The lowest BCUT2D eigenvalue weighted by atomic mass is 9.91. The topological polar surface area (TPSA) is 61.3 Å². The van der Waals surface area contributed by atoms with E-state index < -0.39 is 88.1 Å².